The number of nitrogens with one attached hydrogen (secondary N) is 2. The fourth-order valence-corrected chi connectivity index (χ4v) is 5.00. The van der Waals surface area contributed by atoms with Crippen LogP contribution in [0.1, 0.15) is 60.6 Å². The lowest BCUT2D eigenvalue weighted by atomic mass is 9.94. The summed E-state index contributed by atoms with van der Waals surface area (Å²) in [5.74, 6) is 0.481. The topological polar surface area (TPSA) is 126 Å². The van der Waals surface area contributed by atoms with Gasteiger partial charge in [0.15, 0.2) is 5.03 Å². The van der Waals surface area contributed by atoms with Crippen LogP contribution in [-0.4, -0.2) is 51.5 Å². The molecule has 1 saturated heterocycles. The normalized spacial score (nSPS) is 16.1. The number of H-pyrrole nitrogens is 1. The van der Waals surface area contributed by atoms with Crippen LogP contribution in [0.5, 0.6) is 0 Å². The lowest BCUT2D eigenvalue weighted by molar-refractivity contribution is 0.0943. The Kier molecular flexibility index (Phi) is 5.96. The van der Waals surface area contributed by atoms with E-state index in [4.69, 9.17) is 4.42 Å². The molecule has 0 bridgehead atoms. The lowest BCUT2D eigenvalue weighted by Gasteiger charge is -2.30. The van der Waals surface area contributed by atoms with Crippen molar-refractivity contribution in [3.8, 4) is 0 Å². The zero-order valence-electron chi connectivity index (χ0n) is 17.5. The largest absolute Gasteiger partial charge is 0.467 e. The van der Waals surface area contributed by atoms with Crippen LogP contribution in [0.25, 0.3) is 0 Å². The van der Waals surface area contributed by atoms with Gasteiger partial charge in [-0.25, -0.2) is 13.4 Å². The minimum atomic E-state index is -3.61. The Balaban J connectivity index is 1.35. The summed E-state index contributed by atoms with van der Waals surface area (Å²) in [6.45, 7) is 5.01. The van der Waals surface area contributed by atoms with Crippen LogP contribution in [0, 0.1) is 0 Å². The maximum Gasteiger partial charge on any atom is 0.272 e. The van der Waals surface area contributed by atoms with Crippen LogP contribution in [-0.2, 0) is 16.6 Å². The number of imidazole rings is 1. The van der Waals surface area contributed by atoms with Crippen LogP contribution in [0.2, 0.25) is 0 Å². The Morgan fingerprint density at radius 2 is 2.13 bits per heavy atom. The van der Waals surface area contributed by atoms with Crippen molar-refractivity contribution in [2.24, 2.45) is 0 Å². The first-order valence-corrected chi connectivity index (χ1v) is 11.7. The maximum absolute atomic E-state index is 12.9. The van der Waals surface area contributed by atoms with Gasteiger partial charge < -0.3 is 14.3 Å². The number of sulfonamides is 1. The zero-order chi connectivity index (χ0) is 22.0. The third-order valence-electron chi connectivity index (χ3n) is 5.51. The van der Waals surface area contributed by atoms with Gasteiger partial charge in [0.1, 0.15) is 11.5 Å². The summed E-state index contributed by atoms with van der Waals surface area (Å²) in [5.41, 5.74) is 1.14. The average molecular weight is 447 g/mol. The van der Waals surface area contributed by atoms with Crippen molar-refractivity contribution in [2.75, 3.05) is 13.1 Å². The molecule has 1 aliphatic heterocycles. The Morgan fingerprint density at radius 1 is 1.35 bits per heavy atom. The summed E-state index contributed by atoms with van der Waals surface area (Å²) < 4.78 is 34.3. The second-order valence-electron chi connectivity index (χ2n) is 7.90. The van der Waals surface area contributed by atoms with Gasteiger partial charge in [-0.05, 0) is 44.9 Å². The van der Waals surface area contributed by atoms with Crippen molar-refractivity contribution in [1.82, 2.24) is 29.4 Å². The third-order valence-corrected chi connectivity index (χ3v) is 7.29. The molecule has 0 saturated carbocycles. The highest BCUT2D eigenvalue weighted by Gasteiger charge is 2.32. The molecule has 31 heavy (non-hydrogen) atoms. The fourth-order valence-electron chi connectivity index (χ4n) is 3.61. The van der Waals surface area contributed by atoms with Gasteiger partial charge in [-0.1, -0.05) is 0 Å². The summed E-state index contributed by atoms with van der Waals surface area (Å²) in [6.07, 6.45) is 5.96. The number of hydrogen-bond donors (Lipinski definition) is 2. The van der Waals surface area contributed by atoms with Crippen LogP contribution in [0.4, 0.5) is 0 Å². The number of rotatable bonds is 7. The first-order valence-electron chi connectivity index (χ1n) is 10.2. The molecule has 10 nitrogen and oxygen atoms in total. The van der Waals surface area contributed by atoms with Gasteiger partial charge in [-0.2, -0.15) is 9.40 Å². The van der Waals surface area contributed by atoms with Crippen molar-refractivity contribution in [3.05, 3.63) is 54.1 Å². The molecule has 166 valence electrons. The van der Waals surface area contributed by atoms with E-state index in [1.807, 2.05) is 13.8 Å². The van der Waals surface area contributed by atoms with Gasteiger partial charge in [0.05, 0.1) is 19.1 Å². The van der Waals surface area contributed by atoms with Gasteiger partial charge in [-0.3, -0.25) is 9.89 Å². The van der Waals surface area contributed by atoms with E-state index in [9.17, 15) is 13.2 Å². The second kappa shape index (κ2) is 8.67. The molecule has 3 aromatic heterocycles. The second-order valence-corrected chi connectivity index (χ2v) is 9.79. The summed E-state index contributed by atoms with van der Waals surface area (Å²) in [7, 11) is -3.61. The van der Waals surface area contributed by atoms with E-state index in [2.05, 4.69) is 20.5 Å². The molecule has 0 radical (unpaired) electrons. The molecule has 1 amide bonds. The molecule has 1 fully saturated rings. The summed E-state index contributed by atoms with van der Waals surface area (Å²) in [6, 6.07) is 5.42. The van der Waals surface area contributed by atoms with Crippen LogP contribution in [0.15, 0.2) is 46.4 Å². The van der Waals surface area contributed by atoms with Crippen molar-refractivity contribution in [1.29, 1.82) is 0 Å². The smallest absolute Gasteiger partial charge is 0.272 e. The molecule has 0 atom stereocenters. The lowest BCUT2D eigenvalue weighted by Crippen LogP contribution is -2.38. The summed E-state index contributed by atoms with van der Waals surface area (Å²) in [5, 5.41) is 9.89. The molecule has 1 aliphatic rings. The van der Waals surface area contributed by atoms with E-state index in [1.165, 1.54) is 4.31 Å². The Bertz CT molecular complexity index is 1120. The van der Waals surface area contributed by atoms with Crippen molar-refractivity contribution >= 4 is 15.9 Å². The number of carbonyl (C=O) groups is 1. The van der Waals surface area contributed by atoms with E-state index < -0.39 is 10.0 Å². The van der Waals surface area contributed by atoms with E-state index >= 15 is 0 Å². The molecule has 2 N–H and O–H groups in total. The monoisotopic (exact) mass is 446 g/mol. The van der Waals surface area contributed by atoms with Gasteiger partial charge >= 0.3 is 0 Å². The average Bonchev–Trinajstić information content (AvgIpc) is 3.53. The van der Waals surface area contributed by atoms with Crippen LogP contribution >= 0.6 is 0 Å². The SMILES string of the molecule is CC(C)n1cnc(S(=O)(=O)N2CCC(c3cc(C(=O)NCc4ccco4)n[nH]3)CC2)c1. The number of aromatic nitrogens is 4. The Morgan fingerprint density at radius 3 is 2.77 bits per heavy atom. The van der Waals surface area contributed by atoms with Crippen molar-refractivity contribution < 1.29 is 17.6 Å². The van der Waals surface area contributed by atoms with Crippen molar-refractivity contribution in [3.63, 3.8) is 0 Å². The fraction of sp³-hybridized carbons (Fsp3) is 0.450. The molecule has 0 spiro atoms. The first-order chi connectivity index (χ1) is 14.8. The number of aromatic amines is 1. The quantitative estimate of drug-likeness (QED) is 0.573. The number of carbonyl (C=O) groups excluding carboxylic acids is 1. The minimum absolute atomic E-state index is 0.0803. The molecular weight excluding hydrogens is 420 g/mol. The highest BCUT2D eigenvalue weighted by atomic mass is 32.2. The maximum atomic E-state index is 12.9. The first kappa shape index (κ1) is 21.3. The standard InChI is InChI=1S/C20H26N6O4S/c1-14(2)25-12-19(22-13-25)31(28,29)26-7-5-15(6-8-26)17-10-18(24-23-17)20(27)21-11-16-4-3-9-30-16/h3-4,9-10,12-15H,5-8,11H2,1-2H3,(H,21,27)(H,23,24). The summed E-state index contributed by atoms with van der Waals surface area (Å²) >= 11 is 0. The molecule has 4 heterocycles. The van der Waals surface area contributed by atoms with E-state index in [1.54, 1.807) is 41.6 Å². The summed E-state index contributed by atoms with van der Waals surface area (Å²) in [4.78, 5) is 16.4. The number of piperidine rings is 1. The van der Waals surface area contributed by atoms with E-state index in [0.29, 0.717) is 37.4 Å². The van der Waals surface area contributed by atoms with Gasteiger partial charge in [0.25, 0.3) is 15.9 Å². The molecule has 3 aromatic rings. The van der Waals surface area contributed by atoms with Crippen molar-refractivity contribution in [2.45, 2.75) is 50.2 Å². The zero-order valence-corrected chi connectivity index (χ0v) is 18.3. The third kappa shape index (κ3) is 4.57. The van der Waals surface area contributed by atoms with Crippen LogP contribution < -0.4 is 5.32 Å². The minimum Gasteiger partial charge on any atom is -0.467 e. The predicted molar refractivity (Wildman–Crippen MR) is 112 cm³/mol. The number of amides is 1. The van der Waals surface area contributed by atoms with Crippen LogP contribution in [0.3, 0.4) is 0 Å². The van der Waals surface area contributed by atoms with E-state index in [0.717, 1.165) is 5.69 Å². The molecular formula is C20H26N6O4S. The Labute approximate surface area is 180 Å². The molecule has 4 rings (SSSR count). The molecule has 0 aromatic carbocycles. The number of nitrogens with zero attached hydrogens (tertiary/aromatic N) is 4. The highest BCUT2D eigenvalue weighted by Crippen LogP contribution is 2.30. The molecule has 0 unspecified atom stereocenters. The van der Waals surface area contributed by atoms with Gasteiger partial charge in [0, 0.05) is 36.9 Å². The predicted octanol–water partition coefficient (Wildman–Crippen LogP) is 2.28. The number of furan rings is 1. The molecule has 11 heteroatoms. The number of hydrogen-bond acceptors (Lipinski definition) is 6. The Hall–Kier alpha value is -2.92. The van der Waals surface area contributed by atoms with E-state index in [-0.39, 0.29) is 29.4 Å². The molecule has 0 aliphatic carbocycles. The highest BCUT2D eigenvalue weighted by molar-refractivity contribution is 7.89. The van der Waals surface area contributed by atoms with Gasteiger partial charge in [0.2, 0.25) is 0 Å². The van der Waals surface area contributed by atoms with Gasteiger partial charge in [-0.15, -0.1) is 0 Å².